The van der Waals surface area contributed by atoms with Crippen molar-refractivity contribution in [2.75, 3.05) is 18.0 Å². The summed E-state index contributed by atoms with van der Waals surface area (Å²) in [5.41, 5.74) is 5.22. The minimum Gasteiger partial charge on any atom is -0.336 e. The molecule has 1 aromatic carbocycles. The van der Waals surface area contributed by atoms with E-state index >= 15 is 0 Å². The number of anilines is 1. The van der Waals surface area contributed by atoms with E-state index in [-0.39, 0.29) is 0 Å². The molecule has 0 spiro atoms. The van der Waals surface area contributed by atoms with Gasteiger partial charge in [0, 0.05) is 62.4 Å². The van der Waals surface area contributed by atoms with E-state index < -0.39 is 0 Å². The molecule has 2 bridgehead atoms. The lowest BCUT2D eigenvalue weighted by Crippen LogP contribution is -2.44. The fourth-order valence-electron chi connectivity index (χ4n) is 4.73. The molecule has 7 nitrogen and oxygen atoms in total. The van der Waals surface area contributed by atoms with Crippen LogP contribution in [0.25, 0.3) is 16.9 Å². The number of benzene rings is 1. The molecule has 2 N–H and O–H groups in total. The number of fused-ring (bicyclic) bond motifs is 3. The van der Waals surface area contributed by atoms with Crippen LogP contribution in [-0.4, -0.2) is 44.5 Å². The number of nitrogens with one attached hydrogen (secondary N) is 2. The van der Waals surface area contributed by atoms with E-state index in [0.29, 0.717) is 18.6 Å². The van der Waals surface area contributed by atoms with Crippen LogP contribution in [0.15, 0.2) is 67.1 Å². The predicted molar refractivity (Wildman–Crippen MR) is 121 cm³/mol. The second kappa shape index (κ2) is 7.76. The molecule has 0 unspecified atom stereocenters. The van der Waals surface area contributed by atoms with Crippen LogP contribution in [-0.2, 0) is 13.1 Å². The zero-order valence-corrected chi connectivity index (χ0v) is 17.3. The van der Waals surface area contributed by atoms with E-state index in [9.17, 15) is 0 Å². The van der Waals surface area contributed by atoms with Crippen LogP contribution in [0.3, 0.4) is 0 Å². The molecule has 6 rings (SSSR count). The fraction of sp³-hybridized carbons (Fsp3) is 0.292. The first-order valence-electron chi connectivity index (χ1n) is 10.9. The van der Waals surface area contributed by atoms with E-state index in [2.05, 4.69) is 61.4 Å². The van der Waals surface area contributed by atoms with Crippen molar-refractivity contribution >= 4 is 11.6 Å². The second-order valence-electron chi connectivity index (χ2n) is 8.37. The lowest BCUT2D eigenvalue weighted by Gasteiger charge is -2.28. The van der Waals surface area contributed by atoms with Crippen LogP contribution < -0.4 is 15.5 Å². The van der Waals surface area contributed by atoms with Crippen molar-refractivity contribution in [2.45, 2.75) is 31.6 Å². The van der Waals surface area contributed by atoms with Crippen LogP contribution in [0.4, 0.5) is 5.95 Å². The number of nitrogens with zero attached hydrogens (tertiary/aromatic N) is 5. The molecule has 4 aromatic rings. The summed E-state index contributed by atoms with van der Waals surface area (Å²) < 4.78 is 2.13. The molecule has 2 fully saturated rings. The quantitative estimate of drug-likeness (QED) is 0.508. The first-order chi connectivity index (χ1) is 15.3. The van der Waals surface area contributed by atoms with Gasteiger partial charge < -0.3 is 15.5 Å². The molecule has 7 heteroatoms. The Bertz CT molecular complexity index is 1200. The molecule has 2 aliphatic heterocycles. The van der Waals surface area contributed by atoms with Gasteiger partial charge in [-0.2, -0.15) is 0 Å². The number of rotatable bonds is 6. The van der Waals surface area contributed by atoms with Crippen molar-refractivity contribution in [1.29, 1.82) is 0 Å². The van der Waals surface area contributed by atoms with Gasteiger partial charge in [-0.1, -0.05) is 30.3 Å². The molecule has 0 radical (unpaired) electrons. The van der Waals surface area contributed by atoms with Gasteiger partial charge in [-0.3, -0.25) is 9.38 Å². The third-order valence-electron chi connectivity index (χ3n) is 6.27. The van der Waals surface area contributed by atoms with E-state index in [1.165, 1.54) is 12.0 Å². The van der Waals surface area contributed by atoms with Crippen molar-refractivity contribution in [2.24, 2.45) is 0 Å². The highest BCUT2D eigenvalue weighted by Crippen LogP contribution is 2.29. The summed E-state index contributed by atoms with van der Waals surface area (Å²) in [6, 6.07) is 17.6. The first kappa shape index (κ1) is 18.5. The van der Waals surface area contributed by atoms with Crippen LogP contribution in [0, 0.1) is 0 Å². The van der Waals surface area contributed by atoms with E-state index in [1.54, 1.807) is 0 Å². The highest BCUT2D eigenvalue weighted by atomic mass is 15.4. The Morgan fingerprint density at radius 3 is 2.77 bits per heavy atom. The Kier molecular flexibility index (Phi) is 4.62. The summed E-state index contributed by atoms with van der Waals surface area (Å²) in [7, 11) is 0. The number of aromatic nitrogens is 4. The van der Waals surface area contributed by atoms with Crippen molar-refractivity contribution in [3.05, 3.63) is 78.4 Å². The van der Waals surface area contributed by atoms with Crippen LogP contribution in [0.2, 0.25) is 0 Å². The Balaban J connectivity index is 1.23. The monoisotopic (exact) mass is 411 g/mol. The van der Waals surface area contributed by atoms with Crippen LogP contribution >= 0.6 is 0 Å². The lowest BCUT2D eigenvalue weighted by molar-refractivity contribution is 0.570. The molecule has 2 saturated heterocycles. The van der Waals surface area contributed by atoms with Gasteiger partial charge in [0.05, 0.1) is 11.4 Å². The van der Waals surface area contributed by atoms with Gasteiger partial charge in [-0.25, -0.2) is 9.97 Å². The first-order valence-corrected chi connectivity index (χ1v) is 10.9. The molecular formula is C24H25N7. The number of pyridine rings is 1. The van der Waals surface area contributed by atoms with Crippen molar-refractivity contribution in [1.82, 2.24) is 30.0 Å². The van der Waals surface area contributed by atoms with Gasteiger partial charge in [-0.15, -0.1) is 0 Å². The van der Waals surface area contributed by atoms with E-state index in [0.717, 1.165) is 48.2 Å². The van der Waals surface area contributed by atoms with E-state index in [4.69, 9.17) is 9.97 Å². The standard InChI is InChI=1S/C24H25N7/c1-2-4-17(5-3-1)12-25-13-19-10-18(6-8-26-19)22-16-31-23(29-22)7-9-27-24(31)30-15-20-11-21(30)14-28-20/h1-10,16,20-21,25,28H,11-15H2/t20-,21-/m0/s1. The Labute approximate surface area is 181 Å². The number of piperazine rings is 1. The van der Waals surface area contributed by atoms with Crippen LogP contribution in [0.1, 0.15) is 17.7 Å². The average Bonchev–Trinajstić information content (AvgIpc) is 3.55. The second-order valence-corrected chi connectivity index (χ2v) is 8.37. The van der Waals surface area contributed by atoms with Gasteiger partial charge in [0.25, 0.3) is 0 Å². The SMILES string of the molecule is c1ccc(CNCc2cc(-c3cn4c(N5C[C@@H]6C[C@H]5CN6)nccc4n3)ccn2)cc1. The smallest absolute Gasteiger partial charge is 0.211 e. The molecular weight excluding hydrogens is 386 g/mol. The Morgan fingerprint density at radius 1 is 1.03 bits per heavy atom. The Hall–Kier alpha value is -3.29. The lowest BCUT2D eigenvalue weighted by atomic mass is 10.2. The maximum Gasteiger partial charge on any atom is 0.211 e. The molecule has 5 heterocycles. The van der Waals surface area contributed by atoms with Crippen molar-refractivity contribution in [3.8, 4) is 11.3 Å². The normalized spacial score (nSPS) is 20.1. The minimum atomic E-state index is 0.525. The zero-order chi connectivity index (χ0) is 20.6. The summed E-state index contributed by atoms with van der Waals surface area (Å²) in [5.74, 6) is 0.990. The zero-order valence-electron chi connectivity index (χ0n) is 17.3. The average molecular weight is 412 g/mol. The third-order valence-corrected chi connectivity index (χ3v) is 6.27. The van der Waals surface area contributed by atoms with Crippen LogP contribution in [0.5, 0.6) is 0 Å². The topological polar surface area (TPSA) is 70.4 Å². The molecule has 2 aliphatic rings. The summed E-state index contributed by atoms with van der Waals surface area (Å²) in [4.78, 5) is 16.5. The maximum absolute atomic E-state index is 4.88. The van der Waals surface area contributed by atoms with Crippen molar-refractivity contribution in [3.63, 3.8) is 0 Å². The van der Waals surface area contributed by atoms with Gasteiger partial charge in [-0.05, 0) is 30.2 Å². The summed E-state index contributed by atoms with van der Waals surface area (Å²) in [6.45, 7) is 3.58. The largest absolute Gasteiger partial charge is 0.336 e. The predicted octanol–water partition coefficient (Wildman–Crippen LogP) is 2.63. The molecule has 0 amide bonds. The van der Waals surface area contributed by atoms with Gasteiger partial charge in [0.15, 0.2) is 0 Å². The van der Waals surface area contributed by atoms with Gasteiger partial charge >= 0.3 is 0 Å². The third kappa shape index (κ3) is 3.56. The molecule has 0 aliphatic carbocycles. The molecule has 31 heavy (non-hydrogen) atoms. The van der Waals surface area contributed by atoms with Gasteiger partial charge in [0.2, 0.25) is 5.95 Å². The summed E-state index contributed by atoms with van der Waals surface area (Å²) in [6.07, 6.45) is 7.03. The summed E-state index contributed by atoms with van der Waals surface area (Å²) in [5, 5.41) is 7.04. The molecule has 3 aromatic heterocycles. The molecule has 2 atom stereocenters. The molecule has 156 valence electrons. The fourth-order valence-corrected chi connectivity index (χ4v) is 4.73. The summed E-state index contributed by atoms with van der Waals surface area (Å²) >= 11 is 0. The maximum atomic E-state index is 4.88. The molecule has 0 saturated carbocycles. The highest BCUT2D eigenvalue weighted by Gasteiger charge is 2.39. The highest BCUT2D eigenvalue weighted by molar-refractivity contribution is 5.64. The van der Waals surface area contributed by atoms with E-state index in [1.807, 2.05) is 30.6 Å². The van der Waals surface area contributed by atoms with Gasteiger partial charge in [0.1, 0.15) is 5.65 Å². The number of hydrogen-bond acceptors (Lipinski definition) is 6. The minimum absolute atomic E-state index is 0.525. The number of imidazole rings is 1. The van der Waals surface area contributed by atoms with Crippen molar-refractivity contribution < 1.29 is 0 Å². The number of hydrogen-bond donors (Lipinski definition) is 2. The Morgan fingerprint density at radius 2 is 1.94 bits per heavy atom.